The highest BCUT2D eigenvalue weighted by atomic mass is 32.1. The van der Waals surface area contributed by atoms with E-state index < -0.39 is 0 Å². The smallest absolute Gasteiger partial charge is 0.129 e. The summed E-state index contributed by atoms with van der Waals surface area (Å²) in [5.41, 5.74) is 7.53. The third-order valence-electron chi connectivity index (χ3n) is 3.38. The van der Waals surface area contributed by atoms with E-state index in [0.717, 1.165) is 49.6 Å². The SMILES string of the molecule is CCN(CC1CCCO1)c1cc(C(N)=S)cc(C)n1. The number of hydrogen-bond acceptors (Lipinski definition) is 4. The van der Waals surface area contributed by atoms with Crippen LogP contribution in [-0.2, 0) is 4.74 Å². The average molecular weight is 279 g/mol. The van der Waals surface area contributed by atoms with Crippen LogP contribution in [0.4, 0.5) is 5.82 Å². The first-order chi connectivity index (χ1) is 9.10. The minimum absolute atomic E-state index is 0.315. The molecule has 1 aromatic heterocycles. The van der Waals surface area contributed by atoms with Crippen LogP contribution in [-0.4, -0.2) is 35.8 Å². The third kappa shape index (κ3) is 3.64. The van der Waals surface area contributed by atoms with Crippen LogP contribution in [0.15, 0.2) is 12.1 Å². The Balaban J connectivity index is 2.19. The van der Waals surface area contributed by atoms with Crippen molar-refractivity contribution >= 4 is 23.0 Å². The number of pyridine rings is 1. The largest absolute Gasteiger partial charge is 0.389 e. The molecule has 0 amide bonds. The van der Waals surface area contributed by atoms with Crippen molar-refractivity contribution in [3.05, 3.63) is 23.4 Å². The molecule has 104 valence electrons. The summed E-state index contributed by atoms with van der Waals surface area (Å²) in [7, 11) is 0. The second-order valence-electron chi connectivity index (χ2n) is 4.89. The summed E-state index contributed by atoms with van der Waals surface area (Å²) in [5.74, 6) is 0.931. The van der Waals surface area contributed by atoms with Gasteiger partial charge in [0.2, 0.25) is 0 Å². The normalized spacial score (nSPS) is 18.5. The first kappa shape index (κ1) is 14.2. The highest BCUT2D eigenvalue weighted by molar-refractivity contribution is 7.80. The van der Waals surface area contributed by atoms with E-state index in [1.807, 2.05) is 19.1 Å². The molecular formula is C14H21N3OS. The number of likely N-dealkylation sites (N-methyl/N-ethyl adjacent to an activating group) is 1. The van der Waals surface area contributed by atoms with Gasteiger partial charge in [0.25, 0.3) is 0 Å². The first-order valence-electron chi connectivity index (χ1n) is 6.75. The van der Waals surface area contributed by atoms with Crippen molar-refractivity contribution < 1.29 is 4.74 Å². The number of nitrogens with zero attached hydrogens (tertiary/aromatic N) is 2. The van der Waals surface area contributed by atoms with Gasteiger partial charge in [-0.2, -0.15) is 0 Å². The van der Waals surface area contributed by atoms with Gasteiger partial charge in [-0.1, -0.05) is 12.2 Å². The molecule has 0 aromatic carbocycles. The molecule has 1 aliphatic heterocycles. The summed E-state index contributed by atoms with van der Waals surface area (Å²) in [4.78, 5) is 7.23. The molecule has 0 spiro atoms. The lowest BCUT2D eigenvalue weighted by molar-refractivity contribution is 0.115. The van der Waals surface area contributed by atoms with Crippen molar-refractivity contribution in [2.75, 3.05) is 24.6 Å². The zero-order valence-corrected chi connectivity index (χ0v) is 12.4. The Morgan fingerprint density at radius 2 is 2.37 bits per heavy atom. The van der Waals surface area contributed by atoms with Crippen molar-refractivity contribution in [1.82, 2.24) is 4.98 Å². The van der Waals surface area contributed by atoms with E-state index in [4.69, 9.17) is 22.7 Å². The molecule has 2 heterocycles. The number of aryl methyl sites for hydroxylation is 1. The van der Waals surface area contributed by atoms with E-state index in [-0.39, 0.29) is 0 Å². The van der Waals surface area contributed by atoms with Gasteiger partial charge in [0, 0.05) is 31.0 Å². The molecule has 1 fully saturated rings. The lowest BCUT2D eigenvalue weighted by atomic mass is 10.2. The minimum atomic E-state index is 0.315. The van der Waals surface area contributed by atoms with Crippen LogP contribution in [0.1, 0.15) is 31.0 Å². The topological polar surface area (TPSA) is 51.4 Å². The predicted molar refractivity (Wildman–Crippen MR) is 81.7 cm³/mol. The lowest BCUT2D eigenvalue weighted by Gasteiger charge is -2.25. The highest BCUT2D eigenvalue weighted by Gasteiger charge is 2.19. The van der Waals surface area contributed by atoms with Crippen LogP contribution in [0.5, 0.6) is 0 Å². The first-order valence-corrected chi connectivity index (χ1v) is 7.16. The Morgan fingerprint density at radius 1 is 1.58 bits per heavy atom. The zero-order chi connectivity index (χ0) is 13.8. The van der Waals surface area contributed by atoms with Gasteiger partial charge < -0.3 is 15.4 Å². The quantitative estimate of drug-likeness (QED) is 0.836. The fourth-order valence-corrected chi connectivity index (χ4v) is 2.49. The third-order valence-corrected chi connectivity index (χ3v) is 3.61. The minimum Gasteiger partial charge on any atom is -0.389 e. The molecule has 0 bridgehead atoms. The van der Waals surface area contributed by atoms with E-state index in [1.165, 1.54) is 0 Å². The monoisotopic (exact) mass is 279 g/mol. The number of rotatable bonds is 5. The summed E-state index contributed by atoms with van der Waals surface area (Å²) in [5, 5.41) is 0. The molecule has 2 rings (SSSR count). The van der Waals surface area contributed by atoms with Gasteiger partial charge in [-0.25, -0.2) is 4.98 Å². The van der Waals surface area contributed by atoms with Crippen molar-refractivity contribution in [3.63, 3.8) is 0 Å². The van der Waals surface area contributed by atoms with Gasteiger partial charge in [-0.05, 0) is 38.8 Å². The van der Waals surface area contributed by atoms with Crippen molar-refractivity contribution in [2.45, 2.75) is 32.8 Å². The number of hydrogen-bond donors (Lipinski definition) is 1. The molecule has 5 heteroatoms. The van der Waals surface area contributed by atoms with Crippen LogP contribution in [0.2, 0.25) is 0 Å². The van der Waals surface area contributed by atoms with Crippen LogP contribution >= 0.6 is 12.2 Å². The zero-order valence-electron chi connectivity index (χ0n) is 11.6. The van der Waals surface area contributed by atoms with Crippen LogP contribution in [0, 0.1) is 6.92 Å². The van der Waals surface area contributed by atoms with Gasteiger partial charge in [0.15, 0.2) is 0 Å². The Morgan fingerprint density at radius 3 is 2.95 bits per heavy atom. The maximum Gasteiger partial charge on any atom is 0.129 e. The van der Waals surface area contributed by atoms with E-state index >= 15 is 0 Å². The summed E-state index contributed by atoms with van der Waals surface area (Å²) in [6, 6.07) is 3.89. The molecule has 4 nitrogen and oxygen atoms in total. The Bertz CT molecular complexity index is 458. The molecule has 0 aliphatic carbocycles. The Kier molecular flexibility index (Phi) is 4.71. The molecule has 1 aromatic rings. The van der Waals surface area contributed by atoms with Crippen LogP contribution in [0.25, 0.3) is 0 Å². The van der Waals surface area contributed by atoms with Crippen molar-refractivity contribution in [3.8, 4) is 0 Å². The van der Waals surface area contributed by atoms with Crippen LogP contribution < -0.4 is 10.6 Å². The van der Waals surface area contributed by atoms with Crippen molar-refractivity contribution in [1.29, 1.82) is 0 Å². The van der Waals surface area contributed by atoms with E-state index in [0.29, 0.717) is 11.1 Å². The van der Waals surface area contributed by atoms with E-state index in [9.17, 15) is 0 Å². The molecule has 0 radical (unpaired) electrons. The van der Waals surface area contributed by atoms with Crippen molar-refractivity contribution in [2.24, 2.45) is 5.73 Å². The van der Waals surface area contributed by atoms with Gasteiger partial charge in [-0.3, -0.25) is 0 Å². The number of ether oxygens (including phenoxy) is 1. The second-order valence-corrected chi connectivity index (χ2v) is 5.33. The number of nitrogens with two attached hydrogens (primary N) is 1. The van der Waals surface area contributed by atoms with E-state index in [2.05, 4.69) is 16.8 Å². The Labute approximate surface area is 120 Å². The highest BCUT2D eigenvalue weighted by Crippen LogP contribution is 2.19. The van der Waals surface area contributed by atoms with Gasteiger partial charge >= 0.3 is 0 Å². The maximum absolute atomic E-state index is 5.72. The molecule has 1 aliphatic rings. The summed E-state index contributed by atoms with van der Waals surface area (Å²) >= 11 is 5.05. The molecule has 1 atom stereocenters. The van der Waals surface area contributed by atoms with E-state index in [1.54, 1.807) is 0 Å². The molecule has 0 saturated carbocycles. The lowest BCUT2D eigenvalue weighted by Crippen LogP contribution is -2.33. The average Bonchev–Trinajstić information content (AvgIpc) is 2.88. The summed E-state index contributed by atoms with van der Waals surface area (Å²) < 4.78 is 5.69. The molecule has 19 heavy (non-hydrogen) atoms. The summed E-state index contributed by atoms with van der Waals surface area (Å²) in [6.07, 6.45) is 2.60. The second kappa shape index (κ2) is 6.30. The van der Waals surface area contributed by atoms with Gasteiger partial charge in [0.05, 0.1) is 6.10 Å². The molecule has 1 saturated heterocycles. The molecular weight excluding hydrogens is 258 g/mol. The summed E-state index contributed by atoms with van der Waals surface area (Å²) in [6.45, 7) is 6.74. The Hall–Kier alpha value is -1.20. The number of anilines is 1. The predicted octanol–water partition coefficient (Wildman–Crippen LogP) is 2.03. The standard InChI is InChI=1S/C14H21N3OS/c1-3-17(9-12-5-4-6-18-12)13-8-11(14(15)19)7-10(2)16-13/h7-8,12H,3-6,9H2,1-2H3,(H2,15,19). The fourth-order valence-electron chi connectivity index (χ4n) is 2.37. The maximum atomic E-state index is 5.72. The van der Waals surface area contributed by atoms with Gasteiger partial charge in [-0.15, -0.1) is 0 Å². The fraction of sp³-hybridized carbons (Fsp3) is 0.571. The molecule has 1 unspecified atom stereocenters. The number of thiocarbonyl (C=S) groups is 1. The van der Waals surface area contributed by atoms with Crippen LogP contribution in [0.3, 0.4) is 0 Å². The molecule has 2 N–H and O–H groups in total. The van der Waals surface area contributed by atoms with Gasteiger partial charge in [0.1, 0.15) is 10.8 Å². The number of aromatic nitrogens is 1.